The van der Waals surface area contributed by atoms with Gasteiger partial charge in [0.2, 0.25) is 0 Å². The number of carbonyl (C=O) groups is 2. The Kier molecular flexibility index (Phi) is 4.34. The van der Waals surface area contributed by atoms with E-state index in [1.54, 1.807) is 0 Å². The number of esters is 1. The molecule has 1 amide bonds. The van der Waals surface area contributed by atoms with E-state index in [2.05, 4.69) is 10.1 Å². The molecule has 1 aromatic carbocycles. The minimum atomic E-state index is -0.786. The van der Waals surface area contributed by atoms with Crippen molar-refractivity contribution in [1.29, 1.82) is 0 Å². The lowest BCUT2D eigenvalue weighted by molar-refractivity contribution is -0.142. The van der Waals surface area contributed by atoms with Gasteiger partial charge >= 0.3 is 5.97 Å². The average molecular weight is 258 g/mol. The van der Waals surface area contributed by atoms with Crippen molar-refractivity contribution in [2.45, 2.75) is 13.0 Å². The third-order valence-corrected chi connectivity index (χ3v) is 2.43. The molecular formula is C11H12ClNO4. The van der Waals surface area contributed by atoms with Crippen molar-refractivity contribution < 1.29 is 19.4 Å². The van der Waals surface area contributed by atoms with Gasteiger partial charge in [0.25, 0.3) is 5.91 Å². The van der Waals surface area contributed by atoms with Crippen molar-refractivity contribution in [3.8, 4) is 5.75 Å². The molecule has 0 aliphatic rings. The third-order valence-electron chi connectivity index (χ3n) is 2.10. The second kappa shape index (κ2) is 5.54. The van der Waals surface area contributed by atoms with Crippen LogP contribution in [0.1, 0.15) is 17.3 Å². The van der Waals surface area contributed by atoms with Crippen molar-refractivity contribution in [1.82, 2.24) is 5.32 Å². The van der Waals surface area contributed by atoms with Crippen LogP contribution in [0.25, 0.3) is 0 Å². The van der Waals surface area contributed by atoms with Gasteiger partial charge in [-0.1, -0.05) is 11.6 Å². The predicted octanol–water partition coefficient (Wildman–Crippen LogP) is 1.34. The van der Waals surface area contributed by atoms with Crippen LogP contribution in [0.4, 0.5) is 0 Å². The molecular weight excluding hydrogens is 246 g/mol. The van der Waals surface area contributed by atoms with Crippen molar-refractivity contribution in [3.05, 3.63) is 28.8 Å². The van der Waals surface area contributed by atoms with Crippen molar-refractivity contribution in [2.24, 2.45) is 0 Å². The summed E-state index contributed by atoms with van der Waals surface area (Å²) in [6, 6.07) is 3.20. The fraction of sp³-hybridized carbons (Fsp3) is 0.273. The number of phenols is 1. The number of aromatic hydroxyl groups is 1. The molecule has 1 aromatic rings. The summed E-state index contributed by atoms with van der Waals surface area (Å²) < 4.78 is 4.47. The molecule has 0 heterocycles. The first-order valence-electron chi connectivity index (χ1n) is 4.83. The minimum Gasteiger partial charge on any atom is -0.508 e. The molecule has 17 heavy (non-hydrogen) atoms. The van der Waals surface area contributed by atoms with Crippen LogP contribution >= 0.6 is 11.6 Å². The van der Waals surface area contributed by atoms with Gasteiger partial charge in [0.05, 0.1) is 17.7 Å². The summed E-state index contributed by atoms with van der Waals surface area (Å²) in [6.07, 6.45) is 0. The molecule has 92 valence electrons. The highest BCUT2D eigenvalue weighted by molar-refractivity contribution is 6.33. The summed E-state index contributed by atoms with van der Waals surface area (Å²) in [7, 11) is 1.23. The number of halogens is 1. The molecule has 0 saturated heterocycles. The zero-order valence-corrected chi connectivity index (χ0v) is 10.1. The van der Waals surface area contributed by atoms with Crippen LogP contribution in [-0.4, -0.2) is 30.1 Å². The minimum absolute atomic E-state index is 0.0785. The average Bonchev–Trinajstić information content (AvgIpc) is 2.30. The summed E-state index contributed by atoms with van der Waals surface area (Å²) in [5.74, 6) is -1.19. The Bertz CT molecular complexity index is 447. The molecule has 6 heteroatoms. The Hall–Kier alpha value is -1.75. The van der Waals surface area contributed by atoms with E-state index in [1.807, 2.05) is 0 Å². The first-order chi connectivity index (χ1) is 7.95. The summed E-state index contributed by atoms with van der Waals surface area (Å²) in [6.45, 7) is 1.49. The van der Waals surface area contributed by atoms with E-state index in [9.17, 15) is 14.7 Å². The Morgan fingerprint density at radius 1 is 1.47 bits per heavy atom. The van der Waals surface area contributed by atoms with Gasteiger partial charge in [0.1, 0.15) is 11.8 Å². The molecule has 0 saturated carbocycles. The van der Waals surface area contributed by atoms with E-state index in [0.717, 1.165) is 0 Å². The van der Waals surface area contributed by atoms with Gasteiger partial charge in [-0.2, -0.15) is 0 Å². The van der Waals surface area contributed by atoms with E-state index in [1.165, 1.54) is 32.2 Å². The maximum Gasteiger partial charge on any atom is 0.328 e. The van der Waals surface area contributed by atoms with Gasteiger partial charge in [-0.05, 0) is 25.1 Å². The van der Waals surface area contributed by atoms with Gasteiger partial charge in [0, 0.05) is 0 Å². The molecule has 1 atom stereocenters. The number of phenolic OH excluding ortho intramolecular Hbond substituents is 1. The van der Waals surface area contributed by atoms with Crippen molar-refractivity contribution >= 4 is 23.5 Å². The Morgan fingerprint density at radius 2 is 2.12 bits per heavy atom. The molecule has 0 radical (unpaired) electrons. The van der Waals surface area contributed by atoms with Gasteiger partial charge in [-0.25, -0.2) is 4.79 Å². The van der Waals surface area contributed by atoms with Crippen LogP contribution in [0.5, 0.6) is 5.75 Å². The smallest absolute Gasteiger partial charge is 0.328 e. The number of rotatable bonds is 3. The highest BCUT2D eigenvalue weighted by atomic mass is 35.5. The number of methoxy groups -OCH3 is 1. The second-order valence-corrected chi connectivity index (χ2v) is 3.79. The van der Waals surface area contributed by atoms with Crippen molar-refractivity contribution in [2.75, 3.05) is 7.11 Å². The zero-order valence-electron chi connectivity index (χ0n) is 9.36. The molecule has 0 aliphatic carbocycles. The van der Waals surface area contributed by atoms with E-state index in [-0.39, 0.29) is 16.3 Å². The number of nitrogens with one attached hydrogen (secondary N) is 1. The summed E-state index contributed by atoms with van der Waals surface area (Å²) >= 11 is 5.80. The lowest BCUT2D eigenvalue weighted by Crippen LogP contribution is -2.39. The summed E-state index contributed by atoms with van der Waals surface area (Å²) in [5.41, 5.74) is 0.0995. The topological polar surface area (TPSA) is 75.6 Å². The van der Waals surface area contributed by atoms with Crippen LogP contribution in [0.15, 0.2) is 18.2 Å². The molecule has 0 aromatic heterocycles. The molecule has 1 rings (SSSR count). The Balaban J connectivity index is 2.83. The molecule has 0 bridgehead atoms. The van der Waals surface area contributed by atoms with E-state index < -0.39 is 17.9 Å². The Labute approximate surface area is 103 Å². The van der Waals surface area contributed by atoms with Gasteiger partial charge in [-0.15, -0.1) is 0 Å². The molecule has 2 N–H and O–H groups in total. The van der Waals surface area contributed by atoms with Crippen LogP contribution < -0.4 is 5.32 Å². The standard InChI is InChI=1S/C11H12ClNO4/c1-6(11(16)17-2)13-10(15)8-5-7(14)3-4-9(8)12/h3-6,14H,1-2H3,(H,13,15). The van der Waals surface area contributed by atoms with Crippen LogP contribution in [0, 0.1) is 0 Å². The fourth-order valence-electron chi connectivity index (χ4n) is 1.20. The largest absolute Gasteiger partial charge is 0.508 e. The number of ether oxygens (including phenoxy) is 1. The summed E-state index contributed by atoms with van der Waals surface area (Å²) in [4.78, 5) is 22.8. The second-order valence-electron chi connectivity index (χ2n) is 3.38. The maximum absolute atomic E-state index is 11.7. The molecule has 0 spiro atoms. The highest BCUT2D eigenvalue weighted by Crippen LogP contribution is 2.21. The first-order valence-corrected chi connectivity index (χ1v) is 5.20. The number of hydrogen-bond acceptors (Lipinski definition) is 4. The maximum atomic E-state index is 11.7. The Morgan fingerprint density at radius 3 is 2.71 bits per heavy atom. The van der Waals surface area contributed by atoms with E-state index in [0.29, 0.717) is 0 Å². The van der Waals surface area contributed by atoms with Gasteiger partial charge < -0.3 is 15.2 Å². The number of hydrogen-bond donors (Lipinski definition) is 2. The van der Waals surface area contributed by atoms with E-state index in [4.69, 9.17) is 11.6 Å². The lowest BCUT2D eigenvalue weighted by Gasteiger charge is -2.12. The normalized spacial score (nSPS) is 11.7. The number of benzene rings is 1. The summed E-state index contributed by atoms with van der Waals surface area (Å²) in [5, 5.41) is 11.8. The van der Waals surface area contributed by atoms with Crippen molar-refractivity contribution in [3.63, 3.8) is 0 Å². The van der Waals surface area contributed by atoms with E-state index >= 15 is 0 Å². The third kappa shape index (κ3) is 3.35. The van der Waals surface area contributed by atoms with Gasteiger partial charge in [0.15, 0.2) is 0 Å². The predicted molar refractivity (Wildman–Crippen MR) is 62.1 cm³/mol. The SMILES string of the molecule is COC(=O)C(C)NC(=O)c1cc(O)ccc1Cl. The molecule has 0 fully saturated rings. The lowest BCUT2D eigenvalue weighted by atomic mass is 10.2. The molecule has 1 unspecified atom stereocenters. The van der Waals surface area contributed by atoms with Gasteiger partial charge in [-0.3, -0.25) is 4.79 Å². The molecule has 5 nitrogen and oxygen atoms in total. The van der Waals surface area contributed by atoms with Crippen LogP contribution in [0.3, 0.4) is 0 Å². The number of carbonyl (C=O) groups excluding carboxylic acids is 2. The quantitative estimate of drug-likeness (QED) is 0.801. The number of amides is 1. The zero-order chi connectivity index (χ0) is 13.0. The monoisotopic (exact) mass is 257 g/mol. The van der Waals surface area contributed by atoms with Crippen LogP contribution in [0.2, 0.25) is 5.02 Å². The fourth-order valence-corrected chi connectivity index (χ4v) is 1.40. The van der Waals surface area contributed by atoms with Crippen LogP contribution in [-0.2, 0) is 9.53 Å². The molecule has 0 aliphatic heterocycles. The highest BCUT2D eigenvalue weighted by Gasteiger charge is 2.18. The first kappa shape index (κ1) is 13.3.